The molecule has 0 aliphatic rings. The summed E-state index contributed by atoms with van der Waals surface area (Å²) < 4.78 is 5.48. The van der Waals surface area contributed by atoms with E-state index in [4.69, 9.17) is 27.9 Å². The molecule has 1 atom stereocenters. The van der Waals surface area contributed by atoms with Gasteiger partial charge in [-0.3, -0.25) is 0 Å². The molecule has 0 aliphatic heterocycles. The van der Waals surface area contributed by atoms with Crippen molar-refractivity contribution in [3.63, 3.8) is 0 Å². The first-order chi connectivity index (χ1) is 10.2. The number of hydrogen-bond donors (Lipinski definition) is 1. The van der Waals surface area contributed by atoms with Gasteiger partial charge in [0.25, 0.3) is 0 Å². The van der Waals surface area contributed by atoms with Crippen molar-refractivity contribution < 1.29 is 4.74 Å². The third-order valence-electron chi connectivity index (χ3n) is 3.20. The van der Waals surface area contributed by atoms with E-state index < -0.39 is 0 Å². The number of rotatable bonds is 6. The zero-order valence-corrected chi connectivity index (χ0v) is 13.7. The summed E-state index contributed by atoms with van der Waals surface area (Å²) in [6, 6.07) is 13.6. The lowest BCUT2D eigenvalue weighted by atomic mass is 9.98. The Morgan fingerprint density at radius 3 is 2.38 bits per heavy atom. The van der Waals surface area contributed by atoms with Gasteiger partial charge in [-0.1, -0.05) is 42.3 Å². The first-order valence-corrected chi connectivity index (χ1v) is 7.82. The molecule has 0 saturated heterocycles. The molecule has 2 nitrogen and oxygen atoms in total. The van der Waals surface area contributed by atoms with E-state index in [2.05, 4.69) is 24.4 Å². The molecule has 0 aliphatic carbocycles. The van der Waals surface area contributed by atoms with Gasteiger partial charge in [-0.2, -0.15) is 0 Å². The summed E-state index contributed by atoms with van der Waals surface area (Å²) in [6.45, 7) is 5.54. The Kier molecular flexibility index (Phi) is 5.92. The van der Waals surface area contributed by atoms with Crippen LogP contribution in [0, 0.1) is 0 Å². The van der Waals surface area contributed by atoms with E-state index in [1.54, 1.807) is 6.07 Å². The van der Waals surface area contributed by atoms with E-state index >= 15 is 0 Å². The molecule has 0 radical (unpaired) electrons. The van der Waals surface area contributed by atoms with Gasteiger partial charge in [0.2, 0.25) is 0 Å². The molecule has 21 heavy (non-hydrogen) atoms. The Bertz CT molecular complexity index is 584. The van der Waals surface area contributed by atoms with Crippen LogP contribution in [0.25, 0.3) is 0 Å². The molecular weight excluding hydrogens is 305 g/mol. The molecule has 2 aromatic rings. The maximum Gasteiger partial charge on any atom is 0.119 e. The van der Waals surface area contributed by atoms with Crippen LogP contribution in [0.4, 0.5) is 0 Å². The van der Waals surface area contributed by atoms with Crippen molar-refractivity contribution in [1.82, 2.24) is 5.32 Å². The Balaban J connectivity index is 2.35. The van der Waals surface area contributed by atoms with Gasteiger partial charge in [-0.25, -0.2) is 0 Å². The van der Waals surface area contributed by atoms with E-state index in [0.717, 1.165) is 23.4 Å². The summed E-state index contributed by atoms with van der Waals surface area (Å²) in [7, 11) is 0. The number of halogens is 2. The Morgan fingerprint density at radius 1 is 1.05 bits per heavy atom. The van der Waals surface area contributed by atoms with Crippen molar-refractivity contribution in [3.8, 4) is 5.75 Å². The molecule has 2 aromatic carbocycles. The molecule has 112 valence electrons. The maximum atomic E-state index is 6.33. The van der Waals surface area contributed by atoms with E-state index in [0.29, 0.717) is 16.7 Å². The van der Waals surface area contributed by atoms with Gasteiger partial charge in [-0.15, -0.1) is 0 Å². The molecule has 0 saturated carbocycles. The summed E-state index contributed by atoms with van der Waals surface area (Å²) >= 11 is 12.4. The SMILES string of the molecule is CCNC(c1ccc(OCC)cc1)c1cc(Cl)ccc1Cl. The lowest BCUT2D eigenvalue weighted by Crippen LogP contribution is -2.22. The lowest BCUT2D eigenvalue weighted by Gasteiger charge is -2.20. The second kappa shape index (κ2) is 7.69. The molecule has 0 bridgehead atoms. The number of ether oxygens (including phenoxy) is 1. The monoisotopic (exact) mass is 323 g/mol. The van der Waals surface area contributed by atoms with E-state index in [9.17, 15) is 0 Å². The Hall–Kier alpha value is -1.22. The lowest BCUT2D eigenvalue weighted by molar-refractivity contribution is 0.340. The fourth-order valence-electron chi connectivity index (χ4n) is 2.27. The van der Waals surface area contributed by atoms with Crippen molar-refractivity contribution >= 4 is 23.2 Å². The van der Waals surface area contributed by atoms with E-state index in [1.165, 1.54) is 0 Å². The van der Waals surface area contributed by atoms with Gasteiger partial charge in [0.15, 0.2) is 0 Å². The third-order valence-corrected chi connectivity index (χ3v) is 3.78. The van der Waals surface area contributed by atoms with Gasteiger partial charge >= 0.3 is 0 Å². The molecule has 2 rings (SSSR count). The largest absolute Gasteiger partial charge is 0.494 e. The van der Waals surface area contributed by atoms with Crippen LogP contribution in [0.2, 0.25) is 10.0 Å². The molecule has 0 spiro atoms. The van der Waals surface area contributed by atoms with Crippen LogP contribution in [0.1, 0.15) is 31.0 Å². The highest BCUT2D eigenvalue weighted by molar-refractivity contribution is 6.33. The smallest absolute Gasteiger partial charge is 0.119 e. The average molecular weight is 324 g/mol. The van der Waals surface area contributed by atoms with Crippen molar-refractivity contribution in [1.29, 1.82) is 0 Å². The highest BCUT2D eigenvalue weighted by atomic mass is 35.5. The molecule has 1 unspecified atom stereocenters. The standard InChI is InChI=1S/C17H19Cl2NO/c1-3-20-17(15-11-13(18)7-10-16(15)19)12-5-8-14(9-6-12)21-4-2/h5-11,17,20H,3-4H2,1-2H3. The fraction of sp³-hybridized carbons (Fsp3) is 0.294. The summed E-state index contributed by atoms with van der Waals surface area (Å²) in [4.78, 5) is 0. The van der Waals surface area contributed by atoms with Crippen molar-refractivity contribution in [2.45, 2.75) is 19.9 Å². The van der Waals surface area contributed by atoms with Gasteiger partial charge in [0, 0.05) is 10.0 Å². The van der Waals surface area contributed by atoms with Crippen LogP contribution in [0.15, 0.2) is 42.5 Å². The average Bonchev–Trinajstić information content (AvgIpc) is 2.49. The number of benzene rings is 2. The molecular formula is C17H19Cl2NO. The molecule has 0 heterocycles. The zero-order chi connectivity index (χ0) is 15.2. The summed E-state index contributed by atoms with van der Waals surface area (Å²) in [5.74, 6) is 0.869. The predicted molar refractivity (Wildman–Crippen MR) is 89.6 cm³/mol. The fourth-order valence-corrected chi connectivity index (χ4v) is 2.68. The topological polar surface area (TPSA) is 21.3 Å². The van der Waals surface area contributed by atoms with Gasteiger partial charge in [0.05, 0.1) is 12.6 Å². The number of nitrogens with one attached hydrogen (secondary N) is 1. The summed E-state index contributed by atoms with van der Waals surface area (Å²) in [5, 5.41) is 4.84. The second-order valence-corrected chi connectivity index (χ2v) is 5.50. The van der Waals surface area contributed by atoms with Crippen LogP contribution in [-0.2, 0) is 0 Å². The van der Waals surface area contributed by atoms with Crippen LogP contribution in [0.5, 0.6) is 5.75 Å². The molecule has 1 N–H and O–H groups in total. The molecule has 0 aromatic heterocycles. The molecule has 0 fully saturated rings. The predicted octanol–water partition coefficient (Wildman–Crippen LogP) is 5.09. The van der Waals surface area contributed by atoms with Crippen molar-refractivity contribution in [2.75, 3.05) is 13.2 Å². The van der Waals surface area contributed by atoms with Crippen LogP contribution < -0.4 is 10.1 Å². The minimum Gasteiger partial charge on any atom is -0.494 e. The second-order valence-electron chi connectivity index (χ2n) is 4.66. The quantitative estimate of drug-likeness (QED) is 0.799. The van der Waals surface area contributed by atoms with Gasteiger partial charge in [-0.05, 0) is 54.9 Å². The Morgan fingerprint density at radius 2 is 1.76 bits per heavy atom. The summed E-state index contributed by atoms with van der Waals surface area (Å²) in [5.41, 5.74) is 2.11. The first-order valence-electron chi connectivity index (χ1n) is 7.06. The maximum absolute atomic E-state index is 6.33. The van der Waals surface area contributed by atoms with E-state index in [-0.39, 0.29) is 6.04 Å². The Labute approximate surface area is 136 Å². The van der Waals surface area contributed by atoms with Gasteiger partial charge in [0.1, 0.15) is 5.75 Å². The third kappa shape index (κ3) is 4.13. The van der Waals surface area contributed by atoms with Crippen molar-refractivity contribution in [3.05, 3.63) is 63.6 Å². The highest BCUT2D eigenvalue weighted by Gasteiger charge is 2.16. The first kappa shape index (κ1) is 16.2. The zero-order valence-electron chi connectivity index (χ0n) is 12.2. The number of hydrogen-bond acceptors (Lipinski definition) is 2. The van der Waals surface area contributed by atoms with Crippen LogP contribution in [0.3, 0.4) is 0 Å². The van der Waals surface area contributed by atoms with Crippen LogP contribution in [-0.4, -0.2) is 13.2 Å². The minimum atomic E-state index is 0.0110. The summed E-state index contributed by atoms with van der Waals surface area (Å²) in [6.07, 6.45) is 0. The van der Waals surface area contributed by atoms with Crippen LogP contribution >= 0.6 is 23.2 Å². The highest BCUT2D eigenvalue weighted by Crippen LogP contribution is 2.31. The normalized spacial score (nSPS) is 12.2. The van der Waals surface area contributed by atoms with E-state index in [1.807, 2.05) is 31.2 Å². The molecule has 0 amide bonds. The molecule has 4 heteroatoms. The van der Waals surface area contributed by atoms with Gasteiger partial charge < -0.3 is 10.1 Å². The van der Waals surface area contributed by atoms with Crippen molar-refractivity contribution in [2.24, 2.45) is 0 Å². The minimum absolute atomic E-state index is 0.0110.